The molecule has 0 saturated carbocycles. The lowest BCUT2D eigenvalue weighted by Gasteiger charge is -1.92. The second kappa shape index (κ2) is 6.40. The summed E-state index contributed by atoms with van der Waals surface area (Å²) in [7, 11) is 0. The Hall–Kier alpha value is -2.09. The number of carbonyl (C=O) groups is 1. The fraction of sp³-hybridized carbons (Fsp3) is 0.0714. The fourth-order valence-electron chi connectivity index (χ4n) is 1.11. The lowest BCUT2D eigenvalue weighted by atomic mass is 10.1. The van der Waals surface area contributed by atoms with Gasteiger partial charge in [-0.2, -0.15) is 0 Å². The highest BCUT2D eigenvalue weighted by molar-refractivity contribution is 5.80. The molecule has 0 saturated heterocycles. The number of carboxylic acids is 1. The highest BCUT2D eigenvalue weighted by Crippen LogP contribution is 2.04. The van der Waals surface area contributed by atoms with Gasteiger partial charge in [-0.1, -0.05) is 60.2 Å². The van der Waals surface area contributed by atoms with Crippen LogP contribution < -0.4 is 0 Å². The molecule has 0 unspecified atom stereocenters. The molecule has 0 bridgehead atoms. The van der Waals surface area contributed by atoms with Gasteiger partial charge in [0, 0.05) is 6.08 Å². The van der Waals surface area contributed by atoms with E-state index in [0.717, 1.165) is 11.6 Å². The Labute approximate surface area is 95.2 Å². The van der Waals surface area contributed by atoms with Crippen LogP contribution in [0, 0.1) is 6.92 Å². The summed E-state index contributed by atoms with van der Waals surface area (Å²) in [6.45, 7) is 2.05. The highest BCUT2D eigenvalue weighted by atomic mass is 16.4. The van der Waals surface area contributed by atoms with E-state index in [9.17, 15) is 4.79 Å². The number of aryl methyl sites for hydroxylation is 1. The van der Waals surface area contributed by atoms with Crippen LogP contribution in [-0.4, -0.2) is 11.1 Å². The van der Waals surface area contributed by atoms with Gasteiger partial charge >= 0.3 is 5.97 Å². The van der Waals surface area contributed by atoms with E-state index in [2.05, 4.69) is 0 Å². The van der Waals surface area contributed by atoms with E-state index in [4.69, 9.17) is 5.11 Å². The Morgan fingerprint density at radius 1 is 1.06 bits per heavy atom. The molecule has 0 spiro atoms. The minimum atomic E-state index is -0.938. The summed E-state index contributed by atoms with van der Waals surface area (Å²) in [6.07, 6.45) is 9.89. The van der Waals surface area contributed by atoms with Gasteiger partial charge in [0.1, 0.15) is 0 Å². The maximum absolute atomic E-state index is 10.1. The Morgan fingerprint density at radius 2 is 1.69 bits per heavy atom. The summed E-state index contributed by atoms with van der Waals surface area (Å²) in [5.74, 6) is -0.938. The van der Waals surface area contributed by atoms with Crippen LogP contribution in [0.3, 0.4) is 0 Å². The van der Waals surface area contributed by atoms with Crippen LogP contribution in [0.1, 0.15) is 11.1 Å². The van der Waals surface area contributed by atoms with E-state index in [1.807, 2.05) is 43.3 Å². The van der Waals surface area contributed by atoms with Crippen molar-refractivity contribution >= 4 is 12.0 Å². The smallest absolute Gasteiger partial charge is 0.328 e. The molecule has 0 aliphatic rings. The zero-order chi connectivity index (χ0) is 11.8. The van der Waals surface area contributed by atoms with Crippen LogP contribution in [0.2, 0.25) is 0 Å². The Morgan fingerprint density at radius 3 is 2.31 bits per heavy atom. The van der Waals surface area contributed by atoms with Gasteiger partial charge < -0.3 is 5.11 Å². The topological polar surface area (TPSA) is 37.3 Å². The first kappa shape index (κ1) is 12.0. The average molecular weight is 214 g/mol. The van der Waals surface area contributed by atoms with E-state index in [1.165, 1.54) is 11.6 Å². The number of hydrogen-bond acceptors (Lipinski definition) is 1. The van der Waals surface area contributed by atoms with Crippen molar-refractivity contribution in [3.8, 4) is 0 Å². The molecule has 16 heavy (non-hydrogen) atoms. The molecule has 0 heterocycles. The number of allylic oxidation sites excluding steroid dienone is 4. The lowest BCUT2D eigenvalue weighted by molar-refractivity contribution is -0.131. The molecular formula is C14H14O2. The third kappa shape index (κ3) is 4.96. The molecule has 0 fully saturated rings. The van der Waals surface area contributed by atoms with E-state index in [1.54, 1.807) is 12.2 Å². The van der Waals surface area contributed by atoms with Crippen LogP contribution >= 0.6 is 0 Å². The van der Waals surface area contributed by atoms with E-state index >= 15 is 0 Å². The van der Waals surface area contributed by atoms with Gasteiger partial charge in [-0.15, -0.1) is 0 Å². The third-order valence-corrected chi connectivity index (χ3v) is 1.94. The quantitative estimate of drug-likeness (QED) is 0.617. The lowest BCUT2D eigenvalue weighted by Crippen LogP contribution is -1.84. The Bertz CT molecular complexity index is 423. The zero-order valence-electron chi connectivity index (χ0n) is 9.13. The monoisotopic (exact) mass is 214 g/mol. The Balaban J connectivity index is 2.48. The van der Waals surface area contributed by atoms with E-state index in [0.29, 0.717) is 0 Å². The molecule has 1 aromatic carbocycles. The van der Waals surface area contributed by atoms with Crippen molar-refractivity contribution in [1.29, 1.82) is 0 Å². The summed E-state index contributed by atoms with van der Waals surface area (Å²) < 4.78 is 0. The van der Waals surface area contributed by atoms with Crippen LogP contribution in [0.25, 0.3) is 6.08 Å². The molecule has 0 aromatic heterocycles. The first-order valence-corrected chi connectivity index (χ1v) is 4.99. The number of aliphatic carboxylic acids is 1. The van der Waals surface area contributed by atoms with Gasteiger partial charge in [0.25, 0.3) is 0 Å². The van der Waals surface area contributed by atoms with Gasteiger partial charge in [-0.05, 0) is 12.5 Å². The van der Waals surface area contributed by atoms with Crippen LogP contribution in [0.15, 0.2) is 54.6 Å². The van der Waals surface area contributed by atoms with Gasteiger partial charge in [0.2, 0.25) is 0 Å². The molecule has 1 aromatic rings. The predicted molar refractivity (Wildman–Crippen MR) is 66.1 cm³/mol. The Kier molecular flexibility index (Phi) is 4.80. The standard InChI is InChI=1S/C14H14O2/c1-12-8-10-13(11-9-12)6-4-2-3-5-7-14(15)16/h2-11H,1H3,(H,15,16)/b3-2+,6-4+,7-5+. The summed E-state index contributed by atoms with van der Waals surface area (Å²) >= 11 is 0. The number of benzene rings is 1. The minimum absolute atomic E-state index is 0.938. The number of hydrogen-bond donors (Lipinski definition) is 1. The summed E-state index contributed by atoms with van der Waals surface area (Å²) in [5.41, 5.74) is 2.36. The van der Waals surface area contributed by atoms with E-state index in [-0.39, 0.29) is 0 Å². The fourth-order valence-corrected chi connectivity index (χ4v) is 1.11. The van der Waals surface area contributed by atoms with Crippen LogP contribution in [0.5, 0.6) is 0 Å². The molecule has 0 atom stereocenters. The second-order valence-corrected chi connectivity index (χ2v) is 3.35. The van der Waals surface area contributed by atoms with E-state index < -0.39 is 5.97 Å². The summed E-state index contributed by atoms with van der Waals surface area (Å²) in [5, 5.41) is 8.34. The van der Waals surface area contributed by atoms with Crippen molar-refractivity contribution in [3.63, 3.8) is 0 Å². The van der Waals surface area contributed by atoms with Gasteiger partial charge in [-0.25, -0.2) is 4.79 Å². The van der Waals surface area contributed by atoms with Crippen molar-refractivity contribution in [2.24, 2.45) is 0 Å². The van der Waals surface area contributed by atoms with Crippen molar-refractivity contribution < 1.29 is 9.90 Å². The molecule has 0 aliphatic heterocycles. The van der Waals surface area contributed by atoms with Crippen molar-refractivity contribution in [2.75, 3.05) is 0 Å². The largest absolute Gasteiger partial charge is 0.478 e. The first-order chi connectivity index (χ1) is 7.68. The molecule has 1 N–H and O–H groups in total. The number of carboxylic acid groups (broad SMARTS) is 1. The first-order valence-electron chi connectivity index (χ1n) is 4.99. The maximum atomic E-state index is 10.1. The third-order valence-electron chi connectivity index (χ3n) is 1.94. The van der Waals surface area contributed by atoms with Crippen molar-refractivity contribution in [1.82, 2.24) is 0 Å². The SMILES string of the molecule is Cc1ccc(/C=C/C=C/C=C/C(=O)O)cc1. The van der Waals surface area contributed by atoms with Crippen molar-refractivity contribution in [3.05, 3.63) is 65.8 Å². The molecule has 0 amide bonds. The molecule has 0 radical (unpaired) electrons. The summed E-state index contributed by atoms with van der Waals surface area (Å²) in [6, 6.07) is 8.17. The average Bonchev–Trinajstić information content (AvgIpc) is 2.25. The van der Waals surface area contributed by atoms with Crippen LogP contribution in [-0.2, 0) is 4.79 Å². The highest BCUT2D eigenvalue weighted by Gasteiger charge is 1.84. The van der Waals surface area contributed by atoms with Crippen LogP contribution in [0.4, 0.5) is 0 Å². The van der Waals surface area contributed by atoms with Gasteiger partial charge in [0.05, 0.1) is 0 Å². The van der Waals surface area contributed by atoms with Gasteiger partial charge in [-0.3, -0.25) is 0 Å². The maximum Gasteiger partial charge on any atom is 0.328 e. The number of rotatable bonds is 4. The molecule has 1 rings (SSSR count). The molecule has 0 aliphatic carbocycles. The summed E-state index contributed by atoms with van der Waals surface area (Å²) in [4.78, 5) is 10.1. The minimum Gasteiger partial charge on any atom is -0.478 e. The zero-order valence-corrected chi connectivity index (χ0v) is 9.13. The molecular weight excluding hydrogens is 200 g/mol. The van der Waals surface area contributed by atoms with Crippen molar-refractivity contribution in [2.45, 2.75) is 6.92 Å². The van der Waals surface area contributed by atoms with Gasteiger partial charge in [0.15, 0.2) is 0 Å². The predicted octanol–water partition coefficient (Wildman–Crippen LogP) is 3.21. The normalized spacial score (nSPS) is 11.8. The second-order valence-electron chi connectivity index (χ2n) is 3.35. The molecule has 2 heteroatoms. The molecule has 82 valence electrons. The molecule has 2 nitrogen and oxygen atoms in total.